The minimum absolute atomic E-state index is 0. The molecule has 13 heavy (non-hydrogen) atoms. The van der Waals surface area contributed by atoms with Crippen molar-refractivity contribution in [2.75, 3.05) is 7.11 Å². The molecule has 1 rings (SSSR count). The number of benzene rings is 1. The Kier molecular flexibility index (Phi) is 11.8. The van der Waals surface area contributed by atoms with Gasteiger partial charge in [0, 0.05) is 0 Å². The van der Waals surface area contributed by atoms with Crippen LogP contribution in [-0.4, -0.2) is 7.11 Å². The maximum absolute atomic E-state index is 5.03. The van der Waals surface area contributed by atoms with Crippen molar-refractivity contribution in [1.29, 1.82) is 0 Å². The fraction of sp³-hybridized carbons (Fsp3) is 0.400. The van der Waals surface area contributed by atoms with Gasteiger partial charge in [0.1, 0.15) is 5.75 Å². The Labute approximate surface area is 129 Å². The molecule has 0 aliphatic heterocycles. The third-order valence-electron chi connectivity index (χ3n) is 1.40. The molecule has 0 aromatic heterocycles. The average Bonchev–Trinajstić information content (AvgIpc) is 2.13. The summed E-state index contributed by atoms with van der Waals surface area (Å²) in [6.45, 7) is 5.99. The van der Waals surface area contributed by atoms with Crippen molar-refractivity contribution in [3.63, 3.8) is 0 Å². The van der Waals surface area contributed by atoms with Crippen LogP contribution in [-0.2, 0) is 12.6 Å². The van der Waals surface area contributed by atoms with Gasteiger partial charge >= 0.3 is 51.4 Å². The average molecular weight is 222 g/mol. The summed E-state index contributed by atoms with van der Waals surface area (Å²) < 4.78 is 4.98. The van der Waals surface area contributed by atoms with Gasteiger partial charge in [0.25, 0.3) is 0 Å². The molecule has 3 heteroatoms. The zero-order valence-electron chi connectivity index (χ0n) is 9.05. The van der Waals surface area contributed by atoms with Crippen molar-refractivity contribution in [3.05, 3.63) is 23.8 Å². The van der Waals surface area contributed by atoms with Crippen LogP contribution < -0.4 is 56.1 Å². The fourth-order valence-electron chi connectivity index (χ4n) is 0.707. The molecule has 0 atom stereocenters. The summed E-state index contributed by atoms with van der Waals surface area (Å²) in [6, 6.07) is 5.72. The van der Waals surface area contributed by atoms with Gasteiger partial charge in [-0.3, -0.25) is 0 Å². The monoisotopic (exact) mass is 222 g/mol. The first-order valence-corrected chi connectivity index (χ1v) is 4.46. The number of ether oxygens (including phenoxy) is 1. The zero-order chi connectivity index (χ0) is 9.56. The van der Waals surface area contributed by atoms with Crippen molar-refractivity contribution < 1.29 is 56.1 Å². The largest absolute Gasteiger partial charge is 1.00 e. The molecule has 0 radical (unpaired) electrons. The predicted octanol–water partition coefficient (Wildman–Crippen LogP) is -0.0604. The molecule has 1 nitrogen and oxygen atoms in total. The van der Waals surface area contributed by atoms with E-state index in [2.05, 4.69) is 0 Å². The van der Waals surface area contributed by atoms with E-state index in [-0.39, 0.29) is 51.4 Å². The van der Waals surface area contributed by atoms with Gasteiger partial charge in [-0.25, -0.2) is 0 Å². The van der Waals surface area contributed by atoms with Crippen molar-refractivity contribution in [2.45, 2.75) is 25.7 Å². The molecule has 0 saturated heterocycles. The summed E-state index contributed by atoms with van der Waals surface area (Å²) in [6.07, 6.45) is 0. The third-order valence-corrected chi connectivity index (χ3v) is 1.84. The number of rotatable bonds is 1. The number of hydrogen-bond donors (Lipinski definition) is 0. The van der Waals surface area contributed by atoms with Crippen LogP contribution in [0.3, 0.4) is 0 Å². The normalized spacial score (nSPS) is 7.69. The first-order chi connectivity index (χ1) is 5.74. The Morgan fingerprint density at radius 2 is 1.77 bits per heavy atom. The van der Waals surface area contributed by atoms with Crippen molar-refractivity contribution in [1.82, 2.24) is 0 Å². The molecule has 0 bridgehead atoms. The first kappa shape index (κ1) is 16.3. The first-order valence-electron chi connectivity index (χ1n) is 4.05. The molecular formula is C10H15KOS. The Hall–Kier alpha value is 0.876. The Morgan fingerprint density at radius 3 is 2.15 bits per heavy atom. The topological polar surface area (TPSA) is 9.23 Å². The predicted molar refractivity (Wildman–Crippen MR) is 54.7 cm³/mol. The minimum atomic E-state index is 0. The summed E-state index contributed by atoms with van der Waals surface area (Å²) in [5.41, 5.74) is 1.12. The van der Waals surface area contributed by atoms with Crippen LogP contribution in [0.15, 0.2) is 23.1 Å². The van der Waals surface area contributed by atoms with Crippen LogP contribution >= 0.6 is 0 Å². The van der Waals surface area contributed by atoms with Crippen molar-refractivity contribution >= 4 is 12.6 Å². The summed E-state index contributed by atoms with van der Waals surface area (Å²) in [7, 11) is 1.64. The van der Waals surface area contributed by atoms with Gasteiger partial charge in [0.15, 0.2) is 0 Å². The molecule has 68 valence electrons. The van der Waals surface area contributed by atoms with Gasteiger partial charge in [0.05, 0.1) is 7.11 Å². The van der Waals surface area contributed by atoms with Crippen LogP contribution in [0.2, 0.25) is 0 Å². The summed E-state index contributed by atoms with van der Waals surface area (Å²) in [5.74, 6) is 0.829. The molecule has 1 aromatic carbocycles. The molecule has 1 aromatic rings. The van der Waals surface area contributed by atoms with Crippen LogP contribution in [0, 0.1) is 6.92 Å². The second-order valence-electron chi connectivity index (χ2n) is 2.13. The number of hydrogen-bond acceptors (Lipinski definition) is 2. The second-order valence-corrected chi connectivity index (χ2v) is 2.57. The molecule has 0 N–H and O–H groups in total. The van der Waals surface area contributed by atoms with E-state index in [1.165, 1.54) is 0 Å². The molecule has 0 fully saturated rings. The standard InChI is InChI=1S/C8H10OS.C2H6.K/c1-6-3-4-7(9-2)5-8(6)10;1-2;/h3-5,10H,1-2H3;1-2H3;/q;;+1/p-1. The van der Waals surface area contributed by atoms with Gasteiger partial charge in [0.2, 0.25) is 0 Å². The Bertz CT molecular complexity index is 238. The van der Waals surface area contributed by atoms with Crippen LogP contribution in [0.5, 0.6) is 5.75 Å². The molecule has 0 spiro atoms. The van der Waals surface area contributed by atoms with Crippen molar-refractivity contribution in [3.8, 4) is 5.75 Å². The zero-order valence-corrected chi connectivity index (χ0v) is 13.0. The Balaban J connectivity index is 0. The van der Waals surface area contributed by atoms with E-state index in [4.69, 9.17) is 17.4 Å². The van der Waals surface area contributed by atoms with E-state index in [0.29, 0.717) is 0 Å². The molecule has 0 amide bonds. The van der Waals surface area contributed by atoms with Gasteiger partial charge in [-0.1, -0.05) is 25.5 Å². The summed E-state index contributed by atoms with van der Waals surface area (Å²) in [5, 5.41) is 0. The smallest absolute Gasteiger partial charge is 0.779 e. The maximum Gasteiger partial charge on any atom is 1.00 e. The molecule has 0 heterocycles. The molecule has 0 unspecified atom stereocenters. The fourth-order valence-corrected chi connectivity index (χ4v) is 0.892. The van der Waals surface area contributed by atoms with Crippen LogP contribution in [0.4, 0.5) is 0 Å². The van der Waals surface area contributed by atoms with Crippen LogP contribution in [0.25, 0.3) is 0 Å². The molecule has 0 saturated carbocycles. The van der Waals surface area contributed by atoms with Gasteiger partial charge < -0.3 is 17.4 Å². The maximum atomic E-state index is 5.03. The molecule has 0 aliphatic carbocycles. The van der Waals surface area contributed by atoms with Gasteiger partial charge in [-0.05, 0) is 19.1 Å². The van der Waals surface area contributed by atoms with E-state index >= 15 is 0 Å². The number of aryl methyl sites for hydroxylation is 1. The van der Waals surface area contributed by atoms with E-state index in [1.807, 2.05) is 39.0 Å². The number of methoxy groups -OCH3 is 1. The minimum Gasteiger partial charge on any atom is -0.779 e. The summed E-state index contributed by atoms with van der Waals surface area (Å²) >= 11 is 5.03. The van der Waals surface area contributed by atoms with Crippen LogP contribution in [0.1, 0.15) is 19.4 Å². The quantitative estimate of drug-likeness (QED) is 0.486. The van der Waals surface area contributed by atoms with Gasteiger partial charge in [-0.15, -0.1) is 0 Å². The third kappa shape index (κ3) is 6.04. The SMILES string of the molecule is CC.COc1ccc(C)c([S-])c1.[K+]. The van der Waals surface area contributed by atoms with E-state index in [0.717, 1.165) is 16.2 Å². The van der Waals surface area contributed by atoms with E-state index < -0.39 is 0 Å². The van der Waals surface area contributed by atoms with E-state index in [9.17, 15) is 0 Å². The molecular weight excluding hydrogens is 207 g/mol. The Morgan fingerprint density at radius 1 is 1.23 bits per heavy atom. The molecule has 0 aliphatic rings. The van der Waals surface area contributed by atoms with Gasteiger partial charge in [-0.2, -0.15) is 4.90 Å². The summed E-state index contributed by atoms with van der Waals surface area (Å²) in [4.78, 5) is 0.861. The van der Waals surface area contributed by atoms with E-state index in [1.54, 1.807) is 7.11 Å². The second kappa shape index (κ2) is 9.43. The van der Waals surface area contributed by atoms with Crippen molar-refractivity contribution in [2.24, 2.45) is 0 Å².